The molecule has 0 saturated carbocycles. The van der Waals surface area contributed by atoms with Crippen LogP contribution in [0.5, 0.6) is 0 Å². The molecule has 2 heterocycles. The van der Waals surface area contributed by atoms with E-state index in [4.69, 9.17) is 0 Å². The number of hydrogen-bond donors (Lipinski definition) is 1. The molecule has 114 valence electrons. The number of carboxylic acids is 1. The van der Waals surface area contributed by atoms with E-state index in [0.29, 0.717) is 12.1 Å². The molecule has 0 aliphatic heterocycles. The predicted octanol–water partition coefficient (Wildman–Crippen LogP) is 3.27. The highest BCUT2D eigenvalue weighted by atomic mass is 16.4. The Kier molecular flexibility index (Phi) is 2.94. The van der Waals surface area contributed by atoms with Crippen LogP contribution in [0.15, 0.2) is 54.7 Å². The molecule has 0 aliphatic carbocycles. The van der Waals surface area contributed by atoms with Crippen molar-refractivity contribution in [2.75, 3.05) is 0 Å². The first-order chi connectivity index (χ1) is 11.1. The van der Waals surface area contributed by atoms with Gasteiger partial charge in [-0.2, -0.15) is 5.10 Å². The van der Waals surface area contributed by atoms with Gasteiger partial charge in [0.1, 0.15) is 0 Å². The van der Waals surface area contributed by atoms with Crippen molar-refractivity contribution in [3.8, 4) is 0 Å². The Morgan fingerprint density at radius 3 is 2.65 bits per heavy atom. The molecule has 0 amide bonds. The fourth-order valence-electron chi connectivity index (χ4n) is 3.03. The maximum absolute atomic E-state index is 11.3. The summed E-state index contributed by atoms with van der Waals surface area (Å²) in [7, 11) is 1.87. The van der Waals surface area contributed by atoms with Gasteiger partial charge in [0, 0.05) is 30.6 Å². The van der Waals surface area contributed by atoms with Gasteiger partial charge >= 0.3 is 5.97 Å². The van der Waals surface area contributed by atoms with Crippen molar-refractivity contribution in [1.29, 1.82) is 0 Å². The number of carbonyl (C=O) groups is 1. The Hall–Kier alpha value is -3.08. The molecule has 5 heteroatoms. The summed E-state index contributed by atoms with van der Waals surface area (Å²) in [5, 5.41) is 15.7. The fraction of sp³-hybridized carbons (Fsp3) is 0.111. The second kappa shape index (κ2) is 4.98. The van der Waals surface area contributed by atoms with Crippen LogP contribution in [0.3, 0.4) is 0 Å². The standard InChI is InChI=1S/C18H15N3O2/c1-20-11-15-14-9-13(18(22)23)7-8-16(14)21(17(15)19-20)10-12-5-3-2-4-6-12/h2-9,11H,10H2,1H3,(H,22,23). The third kappa shape index (κ3) is 2.17. The molecule has 0 unspecified atom stereocenters. The summed E-state index contributed by atoms with van der Waals surface area (Å²) in [5.41, 5.74) is 3.34. The molecule has 0 spiro atoms. The highest BCUT2D eigenvalue weighted by Crippen LogP contribution is 2.29. The maximum atomic E-state index is 11.3. The van der Waals surface area contributed by atoms with E-state index >= 15 is 0 Å². The van der Waals surface area contributed by atoms with Gasteiger partial charge in [-0.15, -0.1) is 0 Å². The van der Waals surface area contributed by atoms with Crippen molar-refractivity contribution in [3.63, 3.8) is 0 Å². The molecule has 4 rings (SSSR count). The lowest BCUT2D eigenvalue weighted by Crippen LogP contribution is -2.01. The lowest BCUT2D eigenvalue weighted by Gasteiger charge is -2.07. The average Bonchev–Trinajstić information content (AvgIpc) is 3.05. The maximum Gasteiger partial charge on any atom is 0.335 e. The summed E-state index contributed by atoms with van der Waals surface area (Å²) in [6.45, 7) is 0.699. The smallest absolute Gasteiger partial charge is 0.335 e. The van der Waals surface area contributed by atoms with E-state index < -0.39 is 5.97 Å². The Morgan fingerprint density at radius 1 is 1.13 bits per heavy atom. The molecule has 0 radical (unpaired) electrons. The van der Waals surface area contributed by atoms with Gasteiger partial charge in [-0.1, -0.05) is 30.3 Å². The van der Waals surface area contributed by atoms with Crippen LogP contribution in [-0.2, 0) is 13.6 Å². The van der Waals surface area contributed by atoms with E-state index in [1.165, 1.54) is 5.56 Å². The van der Waals surface area contributed by atoms with E-state index in [0.717, 1.165) is 21.9 Å². The minimum Gasteiger partial charge on any atom is -0.478 e. The van der Waals surface area contributed by atoms with Crippen molar-refractivity contribution >= 4 is 27.9 Å². The van der Waals surface area contributed by atoms with Gasteiger partial charge in [-0.25, -0.2) is 4.79 Å². The first kappa shape index (κ1) is 13.6. The van der Waals surface area contributed by atoms with E-state index in [2.05, 4.69) is 21.8 Å². The highest BCUT2D eigenvalue weighted by molar-refractivity contribution is 6.08. The predicted molar refractivity (Wildman–Crippen MR) is 88.7 cm³/mol. The Balaban J connectivity index is 1.98. The number of benzene rings is 2. The zero-order chi connectivity index (χ0) is 16.0. The largest absolute Gasteiger partial charge is 0.478 e. The summed E-state index contributed by atoms with van der Waals surface area (Å²) in [6.07, 6.45) is 1.94. The van der Waals surface area contributed by atoms with Gasteiger partial charge in [-0.3, -0.25) is 4.68 Å². The van der Waals surface area contributed by atoms with E-state index in [-0.39, 0.29) is 0 Å². The minimum absolute atomic E-state index is 0.292. The molecule has 5 nitrogen and oxygen atoms in total. The van der Waals surface area contributed by atoms with Crippen LogP contribution in [0.2, 0.25) is 0 Å². The third-order valence-corrected chi connectivity index (χ3v) is 4.07. The molecule has 4 aromatic rings. The van der Waals surface area contributed by atoms with Crippen molar-refractivity contribution < 1.29 is 9.90 Å². The Labute approximate surface area is 132 Å². The van der Waals surface area contributed by atoms with Gasteiger partial charge in [0.05, 0.1) is 11.1 Å². The van der Waals surface area contributed by atoms with Gasteiger partial charge in [0.2, 0.25) is 0 Å². The lowest BCUT2D eigenvalue weighted by atomic mass is 10.1. The van der Waals surface area contributed by atoms with Crippen LogP contribution < -0.4 is 0 Å². The Bertz CT molecular complexity index is 1030. The second-order valence-electron chi connectivity index (χ2n) is 5.65. The number of nitrogens with zero attached hydrogens (tertiary/aromatic N) is 3. The van der Waals surface area contributed by atoms with Crippen LogP contribution in [0.25, 0.3) is 21.9 Å². The van der Waals surface area contributed by atoms with E-state index in [1.807, 2.05) is 37.5 Å². The zero-order valence-electron chi connectivity index (χ0n) is 12.6. The normalized spacial score (nSPS) is 11.3. The zero-order valence-corrected chi connectivity index (χ0v) is 12.6. The van der Waals surface area contributed by atoms with Crippen LogP contribution in [0.1, 0.15) is 15.9 Å². The SMILES string of the molecule is Cn1cc2c3cc(C(=O)O)ccc3n(Cc3ccccc3)c2n1. The monoisotopic (exact) mass is 305 g/mol. The summed E-state index contributed by atoms with van der Waals surface area (Å²) >= 11 is 0. The van der Waals surface area contributed by atoms with Gasteiger partial charge in [-0.05, 0) is 23.8 Å². The van der Waals surface area contributed by atoms with Crippen molar-refractivity contribution in [3.05, 3.63) is 65.9 Å². The van der Waals surface area contributed by atoms with Crippen LogP contribution in [0, 0.1) is 0 Å². The van der Waals surface area contributed by atoms with Gasteiger partial charge < -0.3 is 9.67 Å². The van der Waals surface area contributed by atoms with Crippen LogP contribution in [-0.4, -0.2) is 25.4 Å². The van der Waals surface area contributed by atoms with Crippen molar-refractivity contribution in [1.82, 2.24) is 14.3 Å². The molecule has 23 heavy (non-hydrogen) atoms. The van der Waals surface area contributed by atoms with Crippen molar-refractivity contribution in [2.24, 2.45) is 7.05 Å². The Morgan fingerprint density at radius 2 is 1.91 bits per heavy atom. The number of aryl methyl sites for hydroxylation is 1. The molecule has 0 bridgehead atoms. The number of hydrogen-bond acceptors (Lipinski definition) is 2. The van der Waals surface area contributed by atoms with Crippen molar-refractivity contribution in [2.45, 2.75) is 6.54 Å². The third-order valence-electron chi connectivity index (χ3n) is 4.07. The first-order valence-electron chi connectivity index (χ1n) is 7.36. The number of aromatic nitrogens is 3. The highest BCUT2D eigenvalue weighted by Gasteiger charge is 2.16. The van der Waals surface area contributed by atoms with Crippen LogP contribution >= 0.6 is 0 Å². The van der Waals surface area contributed by atoms with E-state index in [1.54, 1.807) is 16.8 Å². The number of aromatic carboxylic acids is 1. The molecule has 0 fully saturated rings. The summed E-state index contributed by atoms with van der Waals surface area (Å²) in [5.74, 6) is -0.917. The molecular weight excluding hydrogens is 290 g/mol. The number of carboxylic acid groups (broad SMARTS) is 1. The minimum atomic E-state index is -0.917. The summed E-state index contributed by atoms with van der Waals surface area (Å²) in [6, 6.07) is 15.4. The fourth-order valence-corrected chi connectivity index (χ4v) is 3.03. The van der Waals surface area contributed by atoms with Crippen LogP contribution in [0.4, 0.5) is 0 Å². The van der Waals surface area contributed by atoms with Gasteiger partial charge in [0.25, 0.3) is 0 Å². The molecule has 1 N–H and O–H groups in total. The summed E-state index contributed by atoms with van der Waals surface area (Å²) < 4.78 is 3.89. The molecule has 2 aromatic heterocycles. The average molecular weight is 305 g/mol. The molecule has 0 saturated heterocycles. The summed E-state index contributed by atoms with van der Waals surface area (Å²) in [4.78, 5) is 11.3. The number of fused-ring (bicyclic) bond motifs is 3. The molecular formula is C18H15N3O2. The molecule has 0 aliphatic rings. The second-order valence-corrected chi connectivity index (χ2v) is 5.65. The van der Waals surface area contributed by atoms with Gasteiger partial charge in [0.15, 0.2) is 5.65 Å². The number of rotatable bonds is 3. The van der Waals surface area contributed by atoms with E-state index in [9.17, 15) is 9.90 Å². The quantitative estimate of drug-likeness (QED) is 0.632. The lowest BCUT2D eigenvalue weighted by molar-refractivity contribution is 0.0697. The first-order valence-corrected chi connectivity index (χ1v) is 7.36. The topological polar surface area (TPSA) is 60.1 Å². The molecule has 0 atom stereocenters. The molecule has 2 aromatic carbocycles.